The number of amides is 3. The summed E-state index contributed by atoms with van der Waals surface area (Å²) in [5, 5.41) is 3.26. The summed E-state index contributed by atoms with van der Waals surface area (Å²) in [6.45, 7) is 4.92. The van der Waals surface area contributed by atoms with Crippen molar-refractivity contribution in [3.05, 3.63) is 28.8 Å². The molecule has 7 heteroatoms. The molecule has 1 atom stereocenters. The lowest BCUT2D eigenvalue weighted by Gasteiger charge is -2.49. The van der Waals surface area contributed by atoms with E-state index in [1.165, 1.54) is 24.2 Å². The van der Waals surface area contributed by atoms with Crippen LogP contribution in [0.15, 0.2) is 18.2 Å². The highest BCUT2D eigenvalue weighted by Gasteiger charge is 2.37. The Hall–Kier alpha value is -1.79. The quantitative estimate of drug-likeness (QED) is 0.879. The Bertz CT molecular complexity index is 688. The smallest absolute Gasteiger partial charge is 0.321 e. The van der Waals surface area contributed by atoms with E-state index in [2.05, 4.69) is 17.1 Å². The first-order chi connectivity index (χ1) is 12.4. The zero-order valence-corrected chi connectivity index (χ0v) is 16.4. The number of halogens is 1. The molecule has 0 saturated carbocycles. The van der Waals surface area contributed by atoms with Crippen LogP contribution >= 0.6 is 11.6 Å². The van der Waals surface area contributed by atoms with Gasteiger partial charge < -0.3 is 15.1 Å². The average Bonchev–Trinajstić information content (AvgIpc) is 2.56. The number of urea groups is 1. The molecule has 0 aliphatic carbocycles. The van der Waals surface area contributed by atoms with E-state index in [4.69, 9.17) is 11.6 Å². The van der Waals surface area contributed by atoms with E-state index in [-0.39, 0.29) is 11.9 Å². The normalized spacial score (nSPS) is 21.2. The van der Waals surface area contributed by atoms with Crippen molar-refractivity contribution in [2.24, 2.45) is 0 Å². The lowest BCUT2D eigenvalue weighted by atomic mass is 9.98. The fraction of sp³-hybridized carbons (Fsp3) is 0.579. The molecular weight excluding hydrogens is 352 g/mol. The summed E-state index contributed by atoms with van der Waals surface area (Å²) >= 11 is 6.12. The van der Waals surface area contributed by atoms with E-state index in [0.29, 0.717) is 28.4 Å². The van der Waals surface area contributed by atoms with Gasteiger partial charge in [-0.2, -0.15) is 0 Å². The molecule has 2 aliphatic heterocycles. The van der Waals surface area contributed by atoms with Gasteiger partial charge in [0, 0.05) is 45.0 Å². The molecule has 2 saturated heterocycles. The van der Waals surface area contributed by atoms with E-state index in [9.17, 15) is 9.59 Å². The van der Waals surface area contributed by atoms with Crippen LogP contribution in [0.4, 0.5) is 10.5 Å². The van der Waals surface area contributed by atoms with Gasteiger partial charge in [-0.15, -0.1) is 0 Å². The number of carbonyl (C=O) groups is 2. The molecular formula is C19H27ClN4O2. The van der Waals surface area contributed by atoms with Crippen LogP contribution in [0.1, 0.15) is 36.5 Å². The van der Waals surface area contributed by atoms with E-state index in [1.807, 2.05) is 4.90 Å². The Labute approximate surface area is 160 Å². The Balaban J connectivity index is 1.58. The molecule has 0 radical (unpaired) electrons. The molecule has 0 spiro atoms. The number of nitrogens with one attached hydrogen (secondary N) is 1. The molecule has 6 nitrogen and oxygen atoms in total. The van der Waals surface area contributed by atoms with Crippen LogP contribution in [0.5, 0.6) is 0 Å². The lowest BCUT2D eigenvalue weighted by Crippen LogP contribution is -2.64. The minimum absolute atomic E-state index is 0.128. The lowest BCUT2D eigenvalue weighted by molar-refractivity contribution is 0.0199. The second-order valence-electron chi connectivity index (χ2n) is 7.47. The minimum atomic E-state index is -0.186. The van der Waals surface area contributed by atoms with Crippen molar-refractivity contribution < 1.29 is 9.59 Å². The molecule has 26 heavy (non-hydrogen) atoms. The number of benzene rings is 1. The fourth-order valence-corrected chi connectivity index (χ4v) is 3.90. The van der Waals surface area contributed by atoms with Gasteiger partial charge in [-0.1, -0.05) is 18.0 Å². The number of likely N-dealkylation sites (tertiary alicyclic amines) is 2. The summed E-state index contributed by atoms with van der Waals surface area (Å²) in [7, 11) is 3.34. The van der Waals surface area contributed by atoms with Crippen molar-refractivity contribution in [1.29, 1.82) is 0 Å². The SMILES string of the molecule is C[C@H]1CCCCN1C1CN(C(=O)Nc2ccc(Cl)c(C(=O)N(C)C)c2)C1. The second kappa shape index (κ2) is 7.84. The van der Waals surface area contributed by atoms with Gasteiger partial charge in [-0.25, -0.2) is 4.79 Å². The molecule has 3 rings (SSSR count). The van der Waals surface area contributed by atoms with Crippen LogP contribution in [-0.4, -0.2) is 72.5 Å². The number of rotatable bonds is 3. The van der Waals surface area contributed by atoms with Gasteiger partial charge in [-0.3, -0.25) is 9.69 Å². The first kappa shape index (κ1) is 19.0. The fourth-order valence-electron chi connectivity index (χ4n) is 3.70. The summed E-state index contributed by atoms with van der Waals surface area (Å²) in [5.74, 6) is -0.186. The van der Waals surface area contributed by atoms with Crippen LogP contribution in [0.3, 0.4) is 0 Å². The van der Waals surface area contributed by atoms with Crippen LogP contribution < -0.4 is 5.32 Å². The zero-order valence-electron chi connectivity index (χ0n) is 15.7. The average molecular weight is 379 g/mol. The number of piperidine rings is 1. The van der Waals surface area contributed by atoms with Crippen LogP contribution in [0, 0.1) is 0 Å². The van der Waals surface area contributed by atoms with Gasteiger partial charge >= 0.3 is 6.03 Å². The van der Waals surface area contributed by atoms with Crippen LogP contribution in [-0.2, 0) is 0 Å². The van der Waals surface area contributed by atoms with Gasteiger partial charge in [0.15, 0.2) is 0 Å². The van der Waals surface area contributed by atoms with Crippen LogP contribution in [0.25, 0.3) is 0 Å². The molecule has 1 aromatic rings. The maximum atomic E-state index is 12.5. The van der Waals surface area contributed by atoms with Crippen molar-refractivity contribution in [3.63, 3.8) is 0 Å². The van der Waals surface area contributed by atoms with Crippen LogP contribution in [0.2, 0.25) is 5.02 Å². The Morgan fingerprint density at radius 1 is 1.23 bits per heavy atom. The van der Waals surface area contributed by atoms with Crippen molar-refractivity contribution in [1.82, 2.24) is 14.7 Å². The van der Waals surface area contributed by atoms with Crippen molar-refractivity contribution in [3.8, 4) is 0 Å². The van der Waals surface area contributed by atoms with Gasteiger partial charge in [0.25, 0.3) is 5.91 Å². The predicted molar refractivity (Wildman–Crippen MR) is 104 cm³/mol. The number of carbonyl (C=O) groups excluding carboxylic acids is 2. The minimum Gasteiger partial charge on any atom is -0.345 e. The Kier molecular flexibility index (Phi) is 5.73. The maximum absolute atomic E-state index is 12.5. The Morgan fingerprint density at radius 3 is 2.62 bits per heavy atom. The van der Waals surface area contributed by atoms with Gasteiger partial charge in [0.2, 0.25) is 0 Å². The van der Waals surface area contributed by atoms with E-state index >= 15 is 0 Å². The highest BCUT2D eigenvalue weighted by atomic mass is 35.5. The van der Waals surface area contributed by atoms with E-state index in [1.54, 1.807) is 32.3 Å². The molecule has 1 N–H and O–H groups in total. The molecule has 1 aromatic carbocycles. The van der Waals surface area contributed by atoms with Gasteiger partial charge in [0.1, 0.15) is 0 Å². The molecule has 142 valence electrons. The molecule has 3 amide bonds. The molecule has 2 fully saturated rings. The summed E-state index contributed by atoms with van der Waals surface area (Å²) in [6.07, 6.45) is 3.80. The third-order valence-electron chi connectivity index (χ3n) is 5.33. The first-order valence-corrected chi connectivity index (χ1v) is 9.57. The zero-order chi connectivity index (χ0) is 18.8. The molecule has 0 aromatic heterocycles. The number of nitrogens with zero attached hydrogens (tertiary/aromatic N) is 3. The summed E-state index contributed by atoms with van der Waals surface area (Å²) in [4.78, 5) is 30.4. The molecule has 2 heterocycles. The molecule has 0 unspecified atom stereocenters. The van der Waals surface area contributed by atoms with Gasteiger partial charge in [-0.05, 0) is 44.5 Å². The standard InChI is InChI=1S/C19H27ClN4O2/c1-13-6-4-5-9-24(13)15-11-23(12-15)19(26)21-14-7-8-17(20)16(10-14)18(25)22(2)3/h7-8,10,13,15H,4-6,9,11-12H2,1-3H3,(H,21,26)/t13-/m0/s1. The van der Waals surface area contributed by atoms with Crippen molar-refractivity contribution in [2.45, 2.75) is 38.3 Å². The maximum Gasteiger partial charge on any atom is 0.321 e. The predicted octanol–water partition coefficient (Wildman–Crippen LogP) is 3.13. The largest absolute Gasteiger partial charge is 0.345 e. The topological polar surface area (TPSA) is 55.9 Å². The van der Waals surface area contributed by atoms with E-state index < -0.39 is 0 Å². The highest BCUT2D eigenvalue weighted by Crippen LogP contribution is 2.26. The third-order valence-corrected chi connectivity index (χ3v) is 5.66. The summed E-state index contributed by atoms with van der Waals surface area (Å²) in [5.41, 5.74) is 0.970. The third kappa shape index (κ3) is 3.96. The summed E-state index contributed by atoms with van der Waals surface area (Å²) in [6, 6.07) is 5.93. The highest BCUT2D eigenvalue weighted by molar-refractivity contribution is 6.34. The monoisotopic (exact) mass is 378 g/mol. The molecule has 2 aliphatic rings. The molecule has 0 bridgehead atoms. The number of anilines is 1. The van der Waals surface area contributed by atoms with Crippen molar-refractivity contribution >= 4 is 29.2 Å². The second-order valence-corrected chi connectivity index (χ2v) is 7.87. The van der Waals surface area contributed by atoms with Crippen molar-refractivity contribution in [2.75, 3.05) is 39.0 Å². The first-order valence-electron chi connectivity index (χ1n) is 9.19. The summed E-state index contributed by atoms with van der Waals surface area (Å²) < 4.78 is 0. The van der Waals surface area contributed by atoms with Gasteiger partial charge in [0.05, 0.1) is 10.6 Å². The number of hydrogen-bond acceptors (Lipinski definition) is 3. The Morgan fingerprint density at radius 2 is 1.96 bits per heavy atom. The number of hydrogen-bond donors (Lipinski definition) is 1. The van der Waals surface area contributed by atoms with E-state index in [0.717, 1.165) is 19.6 Å².